The third-order valence-electron chi connectivity index (χ3n) is 4.98. The molecule has 46 heavy (non-hydrogen) atoms. The molecule has 0 saturated heterocycles. The van der Waals surface area contributed by atoms with E-state index in [9.17, 15) is 13.0 Å². The first-order valence-corrected chi connectivity index (χ1v) is 16.4. The average Bonchev–Trinajstić information content (AvgIpc) is 3.01. The van der Waals surface area contributed by atoms with Gasteiger partial charge in [0.25, 0.3) is 0 Å². The van der Waals surface area contributed by atoms with Gasteiger partial charge in [0.05, 0.1) is 172 Å². The quantitative estimate of drug-likeness (QED) is 0.0262. The maximum atomic E-state index is 10.2. The minimum Gasteiger partial charge on any atom is -0.726 e. The molecule has 0 bridgehead atoms. The fourth-order valence-electron chi connectivity index (χ4n) is 2.86. The van der Waals surface area contributed by atoms with E-state index in [1.165, 1.54) is 0 Å². The predicted molar refractivity (Wildman–Crippen MR) is 157 cm³/mol. The maximum Gasteiger partial charge on any atom is 1.00 e. The Hall–Kier alpha value is 0.350. The largest absolute Gasteiger partial charge is 1.00 e. The van der Waals surface area contributed by atoms with E-state index in [1.807, 2.05) is 0 Å². The summed E-state index contributed by atoms with van der Waals surface area (Å²) in [4.78, 5) is 0. The molecule has 0 rings (SSSR count). The van der Waals surface area contributed by atoms with Crippen LogP contribution < -0.4 is 29.6 Å². The van der Waals surface area contributed by atoms with Gasteiger partial charge in [-0.15, -0.1) is 0 Å². The van der Waals surface area contributed by atoms with E-state index < -0.39 is 10.4 Å². The summed E-state index contributed by atoms with van der Waals surface area (Å²) in [7, 11) is -3.04. The molecule has 0 aliphatic heterocycles. The Labute approximate surface area is 296 Å². The Morgan fingerprint density at radius 1 is 0.326 bits per heavy atom. The van der Waals surface area contributed by atoms with E-state index >= 15 is 0 Å². The van der Waals surface area contributed by atoms with Gasteiger partial charge in [0.2, 0.25) is 10.4 Å². The summed E-state index contributed by atoms with van der Waals surface area (Å²) in [5.74, 6) is 0. The first-order valence-electron chi connectivity index (χ1n) is 15.1. The Bertz CT molecular complexity index is 666. The van der Waals surface area contributed by atoms with Gasteiger partial charge in [-0.3, -0.25) is 4.18 Å². The minimum atomic E-state index is -4.67. The van der Waals surface area contributed by atoms with Crippen LogP contribution in [0.1, 0.15) is 0 Å². The Kier molecular flexibility index (Phi) is 43.7. The number of rotatable bonds is 40. The van der Waals surface area contributed by atoms with Crippen LogP contribution >= 0.6 is 0 Å². The second-order valence-electron chi connectivity index (χ2n) is 8.57. The Morgan fingerprint density at radius 2 is 0.478 bits per heavy atom. The normalized spacial score (nSPS) is 11.7. The zero-order chi connectivity index (χ0) is 32.8. The van der Waals surface area contributed by atoms with Crippen LogP contribution in [-0.2, 0) is 76.2 Å². The zero-order valence-electron chi connectivity index (χ0n) is 27.7. The second kappa shape index (κ2) is 41.5. The monoisotopic (exact) mass is 706 g/mol. The van der Waals surface area contributed by atoms with Crippen molar-refractivity contribution in [3.8, 4) is 0 Å². The summed E-state index contributed by atoms with van der Waals surface area (Å²) in [5.41, 5.74) is 0. The molecule has 0 heterocycles. The van der Waals surface area contributed by atoms with Gasteiger partial charge in [0.1, 0.15) is 0 Å². The second-order valence-corrected chi connectivity index (χ2v) is 9.62. The molecule has 0 fully saturated rings. The molecule has 272 valence electrons. The molecule has 0 aliphatic carbocycles. The van der Waals surface area contributed by atoms with Gasteiger partial charge in [0, 0.05) is 7.11 Å². The van der Waals surface area contributed by atoms with Crippen molar-refractivity contribution >= 4 is 10.4 Å². The molecule has 0 amide bonds. The van der Waals surface area contributed by atoms with Gasteiger partial charge in [-0.1, -0.05) is 0 Å². The number of methoxy groups -OCH3 is 1. The summed E-state index contributed by atoms with van der Waals surface area (Å²) in [6.07, 6.45) is 0. The van der Waals surface area contributed by atoms with Crippen molar-refractivity contribution in [3.63, 3.8) is 0 Å². The maximum absolute atomic E-state index is 10.2. The number of ether oxygens (including phenoxy) is 13. The molecule has 0 spiro atoms. The van der Waals surface area contributed by atoms with E-state index in [2.05, 4.69) is 4.18 Å². The Morgan fingerprint density at radius 3 is 0.630 bits per heavy atom. The third-order valence-corrected chi connectivity index (χ3v) is 5.43. The van der Waals surface area contributed by atoms with Gasteiger partial charge in [-0.25, -0.2) is 8.42 Å². The van der Waals surface area contributed by atoms with Crippen molar-refractivity contribution in [2.45, 2.75) is 0 Å². The molecule has 19 heteroatoms. The summed E-state index contributed by atoms with van der Waals surface area (Å²) < 4.78 is 104. The first kappa shape index (κ1) is 48.5. The standard InChI is InChI=1S/C27H56O17S.Na/c1-31-2-3-32-4-5-33-6-7-34-8-9-35-10-11-36-12-13-37-14-15-38-16-17-39-18-19-40-20-21-41-22-23-42-24-25-43-26-27-44-45(28,29)30;/h2-27H2,1H3,(H,28,29,30);/q;+1/p-1. The third kappa shape index (κ3) is 46.5. The van der Waals surface area contributed by atoms with Gasteiger partial charge >= 0.3 is 29.6 Å². The van der Waals surface area contributed by atoms with E-state index in [0.29, 0.717) is 152 Å². The van der Waals surface area contributed by atoms with Crippen LogP contribution in [0.25, 0.3) is 0 Å². The number of hydrogen-bond donors (Lipinski definition) is 0. The molecule has 0 aromatic heterocycles. The van der Waals surface area contributed by atoms with Crippen molar-refractivity contribution in [2.75, 3.05) is 179 Å². The fraction of sp³-hybridized carbons (Fsp3) is 1.00. The molecular formula is C27H55NaO17S. The van der Waals surface area contributed by atoms with Crippen molar-refractivity contribution in [1.82, 2.24) is 0 Å². The molecular weight excluding hydrogens is 651 g/mol. The van der Waals surface area contributed by atoms with Gasteiger partial charge in [-0.05, 0) is 0 Å². The molecule has 0 radical (unpaired) electrons. The van der Waals surface area contributed by atoms with E-state index in [4.69, 9.17) is 61.6 Å². The molecule has 0 aliphatic rings. The van der Waals surface area contributed by atoms with E-state index in [-0.39, 0.29) is 49.4 Å². The smallest absolute Gasteiger partial charge is 0.726 e. The molecule has 0 atom stereocenters. The molecule has 0 aromatic carbocycles. The van der Waals surface area contributed by atoms with Crippen molar-refractivity contribution in [2.24, 2.45) is 0 Å². The van der Waals surface area contributed by atoms with Crippen LogP contribution in [0.5, 0.6) is 0 Å². The summed E-state index contributed by atoms with van der Waals surface area (Å²) in [6.45, 7) is 11.0. The van der Waals surface area contributed by atoms with Gasteiger partial charge in [-0.2, -0.15) is 0 Å². The van der Waals surface area contributed by atoms with Crippen molar-refractivity contribution in [1.29, 1.82) is 0 Å². The summed E-state index contributed by atoms with van der Waals surface area (Å²) in [5, 5.41) is 0. The summed E-state index contributed by atoms with van der Waals surface area (Å²) >= 11 is 0. The number of hydrogen-bond acceptors (Lipinski definition) is 17. The van der Waals surface area contributed by atoms with Crippen LogP contribution in [0, 0.1) is 0 Å². The van der Waals surface area contributed by atoms with Crippen LogP contribution in [0.15, 0.2) is 0 Å². The fourth-order valence-corrected chi connectivity index (χ4v) is 3.13. The predicted octanol–water partition coefficient (Wildman–Crippen LogP) is -3.69. The van der Waals surface area contributed by atoms with Gasteiger partial charge in [0.15, 0.2) is 0 Å². The molecule has 0 unspecified atom stereocenters. The molecule has 0 aromatic rings. The summed E-state index contributed by atoms with van der Waals surface area (Å²) in [6, 6.07) is 0. The van der Waals surface area contributed by atoms with E-state index in [0.717, 1.165) is 0 Å². The zero-order valence-corrected chi connectivity index (χ0v) is 30.5. The van der Waals surface area contributed by atoms with Gasteiger partial charge < -0.3 is 66.1 Å². The molecule has 0 N–H and O–H groups in total. The SMILES string of the molecule is COCCOCCOCCOCCOCCOCCOCCOCCOCCOCCOCCOCCOCCOS(=O)(=O)[O-].[Na+]. The first-order chi connectivity index (χ1) is 22.1. The van der Waals surface area contributed by atoms with Crippen LogP contribution in [0.3, 0.4) is 0 Å². The van der Waals surface area contributed by atoms with Crippen LogP contribution in [0.2, 0.25) is 0 Å². The minimum absolute atomic E-state index is 0. The van der Waals surface area contributed by atoms with E-state index in [1.54, 1.807) is 7.11 Å². The molecule has 17 nitrogen and oxygen atoms in total. The van der Waals surface area contributed by atoms with Crippen molar-refractivity contribution < 1.29 is 108 Å². The molecule has 0 saturated carbocycles. The van der Waals surface area contributed by atoms with Crippen LogP contribution in [0.4, 0.5) is 0 Å². The average molecular weight is 707 g/mol. The Balaban J connectivity index is 0. The van der Waals surface area contributed by atoms with Crippen LogP contribution in [-0.4, -0.2) is 192 Å². The van der Waals surface area contributed by atoms with Crippen molar-refractivity contribution in [3.05, 3.63) is 0 Å². The topological polar surface area (TPSA) is 186 Å².